The van der Waals surface area contributed by atoms with Crippen LogP contribution in [-0.2, 0) is 15.1 Å². The van der Waals surface area contributed by atoms with Crippen LogP contribution < -0.4 is 5.01 Å². The number of rotatable bonds is 2. The summed E-state index contributed by atoms with van der Waals surface area (Å²) in [4.78, 5) is 20.5. The molecule has 1 aromatic carbocycles. The van der Waals surface area contributed by atoms with Gasteiger partial charge in [-0.3, -0.25) is 0 Å². The lowest BCUT2D eigenvalue weighted by atomic mass is 9.90. The molecule has 1 atom stereocenters. The number of benzene rings is 1. The summed E-state index contributed by atoms with van der Waals surface area (Å²) in [6.45, 7) is 1.19. The number of alkyl halides is 3. The molecule has 1 N–H and O–H groups in total. The number of aromatic nitrogens is 2. The van der Waals surface area contributed by atoms with Gasteiger partial charge in [0.25, 0.3) is 5.60 Å². The number of para-hydroxylation sites is 2. The van der Waals surface area contributed by atoms with Gasteiger partial charge in [-0.2, -0.15) is 18.3 Å². The predicted octanol–water partition coefficient (Wildman–Crippen LogP) is 1.75. The van der Waals surface area contributed by atoms with Gasteiger partial charge < -0.3 is 9.84 Å². The molecule has 2 aromatic rings. The van der Waals surface area contributed by atoms with E-state index in [-0.39, 0.29) is 17.9 Å². The summed E-state index contributed by atoms with van der Waals surface area (Å²) in [6.07, 6.45) is -5.08. The van der Waals surface area contributed by atoms with E-state index in [4.69, 9.17) is 0 Å². The molecule has 25 heavy (non-hydrogen) atoms. The summed E-state index contributed by atoms with van der Waals surface area (Å²) < 4.78 is 45.0. The topological polar surface area (TPSA) is 87.9 Å². The monoisotopic (exact) mass is 354 g/mol. The summed E-state index contributed by atoms with van der Waals surface area (Å²) in [5, 5.41) is 14.9. The Labute approximate surface area is 139 Å². The molecule has 1 unspecified atom stereocenters. The standard InChI is InChI=1S/C15H13F3N4O3/c1-3-25-13(23)14(24)10-11(22(2)21-12(14)15(16,17)18)20-9-7-5-4-6-8(9)19-10/h4-7,24H,3H2,1-2H3. The van der Waals surface area contributed by atoms with Crippen LogP contribution in [0.3, 0.4) is 0 Å². The van der Waals surface area contributed by atoms with E-state index < -0.39 is 29.2 Å². The van der Waals surface area contributed by atoms with Gasteiger partial charge in [-0.25, -0.2) is 19.8 Å². The maximum Gasteiger partial charge on any atom is 0.435 e. The number of nitrogens with zero attached hydrogens (tertiary/aromatic N) is 4. The first kappa shape index (κ1) is 17.1. The van der Waals surface area contributed by atoms with Crippen molar-refractivity contribution in [2.24, 2.45) is 5.10 Å². The number of hydrazone groups is 1. The van der Waals surface area contributed by atoms with Gasteiger partial charge in [0, 0.05) is 7.05 Å². The first-order chi connectivity index (χ1) is 11.7. The zero-order chi connectivity index (χ0) is 18.4. The Morgan fingerprint density at radius 3 is 2.44 bits per heavy atom. The van der Waals surface area contributed by atoms with Gasteiger partial charge in [0.05, 0.1) is 17.6 Å². The summed E-state index contributed by atoms with van der Waals surface area (Å²) >= 11 is 0. The maximum absolute atomic E-state index is 13.4. The third-order valence-electron chi connectivity index (χ3n) is 3.63. The minimum absolute atomic E-state index is 0.165. The maximum atomic E-state index is 13.4. The van der Waals surface area contributed by atoms with E-state index in [0.29, 0.717) is 5.52 Å². The summed E-state index contributed by atoms with van der Waals surface area (Å²) in [7, 11) is 1.22. The normalized spacial score (nSPS) is 20.2. The minimum Gasteiger partial charge on any atom is -0.463 e. The molecule has 0 spiro atoms. The third kappa shape index (κ3) is 2.58. The van der Waals surface area contributed by atoms with Gasteiger partial charge in [0.2, 0.25) is 0 Å². The average Bonchev–Trinajstić information content (AvgIpc) is 2.56. The van der Waals surface area contributed by atoms with E-state index in [2.05, 4.69) is 19.8 Å². The Morgan fingerprint density at radius 2 is 1.88 bits per heavy atom. The molecular weight excluding hydrogens is 341 g/mol. The first-order valence-electron chi connectivity index (χ1n) is 7.26. The van der Waals surface area contributed by atoms with Crippen molar-refractivity contribution in [3.8, 4) is 0 Å². The van der Waals surface area contributed by atoms with Crippen LogP contribution in [-0.4, -0.2) is 46.6 Å². The Kier molecular flexibility index (Phi) is 3.87. The molecule has 10 heteroatoms. The molecule has 0 aliphatic carbocycles. The summed E-state index contributed by atoms with van der Waals surface area (Å²) in [5.41, 5.74) is -4.90. The molecule has 1 aliphatic heterocycles. The molecule has 0 radical (unpaired) electrons. The highest BCUT2D eigenvalue weighted by Gasteiger charge is 2.61. The van der Waals surface area contributed by atoms with Crippen molar-refractivity contribution in [2.45, 2.75) is 18.7 Å². The number of fused-ring (bicyclic) bond motifs is 2. The Morgan fingerprint density at radius 1 is 1.28 bits per heavy atom. The SMILES string of the molecule is CCOC(=O)C1(O)C(C(F)(F)F)=NN(C)c2nc3ccccc3nc21. The number of aliphatic hydroxyl groups is 1. The van der Waals surface area contributed by atoms with E-state index in [1.54, 1.807) is 18.2 Å². The largest absolute Gasteiger partial charge is 0.463 e. The fraction of sp³-hybridized carbons (Fsp3) is 0.333. The van der Waals surface area contributed by atoms with Crippen LogP contribution in [0, 0.1) is 0 Å². The van der Waals surface area contributed by atoms with Crippen LogP contribution in [0.1, 0.15) is 12.6 Å². The zero-order valence-electron chi connectivity index (χ0n) is 13.2. The molecule has 0 saturated carbocycles. The third-order valence-corrected chi connectivity index (χ3v) is 3.63. The quantitative estimate of drug-likeness (QED) is 0.827. The molecule has 1 aromatic heterocycles. The number of hydrogen-bond donors (Lipinski definition) is 1. The van der Waals surface area contributed by atoms with Crippen LogP contribution in [0.25, 0.3) is 11.0 Å². The molecular formula is C15H13F3N4O3. The first-order valence-corrected chi connectivity index (χ1v) is 7.26. The molecule has 0 amide bonds. The molecule has 0 bridgehead atoms. The number of halogens is 3. The fourth-order valence-electron chi connectivity index (χ4n) is 2.53. The van der Waals surface area contributed by atoms with Gasteiger partial charge in [0.15, 0.2) is 11.5 Å². The van der Waals surface area contributed by atoms with Gasteiger partial charge in [-0.15, -0.1) is 0 Å². The second-order valence-corrected chi connectivity index (χ2v) is 5.29. The Bertz CT molecular complexity index is 884. The Hall–Kier alpha value is -2.75. The average molecular weight is 354 g/mol. The molecule has 0 fully saturated rings. The molecule has 1 aliphatic rings. The van der Waals surface area contributed by atoms with Crippen molar-refractivity contribution in [1.29, 1.82) is 0 Å². The number of esters is 1. The van der Waals surface area contributed by atoms with Crippen LogP contribution in [0.15, 0.2) is 29.4 Å². The van der Waals surface area contributed by atoms with Gasteiger partial charge in [-0.05, 0) is 19.1 Å². The number of anilines is 1. The van der Waals surface area contributed by atoms with E-state index in [0.717, 1.165) is 5.01 Å². The lowest BCUT2D eigenvalue weighted by Gasteiger charge is -2.34. The lowest BCUT2D eigenvalue weighted by Crippen LogP contribution is -2.55. The van der Waals surface area contributed by atoms with Crippen LogP contribution in [0.5, 0.6) is 0 Å². The van der Waals surface area contributed by atoms with E-state index in [9.17, 15) is 23.1 Å². The molecule has 132 valence electrons. The van der Waals surface area contributed by atoms with Crippen molar-refractivity contribution >= 4 is 28.5 Å². The number of carbonyl (C=O) groups excluding carboxylic acids is 1. The lowest BCUT2D eigenvalue weighted by molar-refractivity contribution is -0.163. The highest BCUT2D eigenvalue weighted by molar-refractivity contribution is 6.14. The van der Waals surface area contributed by atoms with E-state index in [1.807, 2.05) is 0 Å². The van der Waals surface area contributed by atoms with Crippen LogP contribution in [0.4, 0.5) is 19.0 Å². The van der Waals surface area contributed by atoms with Crippen molar-refractivity contribution < 1.29 is 27.8 Å². The minimum atomic E-state index is -5.08. The van der Waals surface area contributed by atoms with E-state index in [1.165, 1.54) is 20.0 Å². The summed E-state index contributed by atoms with van der Waals surface area (Å²) in [5.74, 6) is -1.67. The highest BCUT2D eigenvalue weighted by Crippen LogP contribution is 2.40. The fourth-order valence-corrected chi connectivity index (χ4v) is 2.53. The van der Waals surface area contributed by atoms with Crippen molar-refractivity contribution in [2.75, 3.05) is 18.7 Å². The number of ether oxygens (including phenoxy) is 1. The van der Waals surface area contributed by atoms with E-state index >= 15 is 0 Å². The van der Waals surface area contributed by atoms with Crippen molar-refractivity contribution in [3.05, 3.63) is 30.0 Å². The second-order valence-electron chi connectivity index (χ2n) is 5.29. The number of hydrogen-bond acceptors (Lipinski definition) is 7. The molecule has 7 nitrogen and oxygen atoms in total. The molecule has 0 saturated heterocycles. The Balaban J connectivity index is 2.33. The van der Waals surface area contributed by atoms with Crippen LogP contribution in [0.2, 0.25) is 0 Å². The molecule has 3 rings (SSSR count). The highest BCUT2D eigenvalue weighted by atomic mass is 19.4. The molecule has 2 heterocycles. The predicted molar refractivity (Wildman–Crippen MR) is 82.0 cm³/mol. The van der Waals surface area contributed by atoms with Crippen LogP contribution >= 0.6 is 0 Å². The van der Waals surface area contributed by atoms with Gasteiger partial charge >= 0.3 is 12.1 Å². The second kappa shape index (κ2) is 5.66. The smallest absolute Gasteiger partial charge is 0.435 e. The number of carbonyl (C=O) groups is 1. The van der Waals surface area contributed by atoms with Gasteiger partial charge in [0.1, 0.15) is 5.69 Å². The van der Waals surface area contributed by atoms with Crippen molar-refractivity contribution in [1.82, 2.24) is 9.97 Å². The zero-order valence-corrected chi connectivity index (χ0v) is 13.2. The summed E-state index contributed by atoms with van der Waals surface area (Å²) in [6, 6.07) is 6.39. The van der Waals surface area contributed by atoms with Crippen molar-refractivity contribution in [3.63, 3.8) is 0 Å². The van der Waals surface area contributed by atoms with Gasteiger partial charge in [-0.1, -0.05) is 12.1 Å².